The van der Waals surface area contributed by atoms with Gasteiger partial charge in [0.25, 0.3) is 0 Å². The third-order valence-electron chi connectivity index (χ3n) is 6.47. The van der Waals surface area contributed by atoms with E-state index in [1.807, 2.05) is 0 Å². The summed E-state index contributed by atoms with van der Waals surface area (Å²) in [5.74, 6) is 0.220. The van der Waals surface area contributed by atoms with Crippen LogP contribution in [0.5, 0.6) is 0 Å². The van der Waals surface area contributed by atoms with Crippen molar-refractivity contribution in [3.63, 3.8) is 0 Å². The average Bonchev–Trinajstić information content (AvgIpc) is 3.12. The number of rotatable bonds is 0. The molecule has 1 atom stereocenters. The number of para-hydroxylation sites is 1. The zero-order valence-electron chi connectivity index (χ0n) is 17.0. The van der Waals surface area contributed by atoms with E-state index in [1.165, 1.54) is 49.9 Å². The summed E-state index contributed by atoms with van der Waals surface area (Å²) in [4.78, 5) is 5.13. The summed E-state index contributed by atoms with van der Waals surface area (Å²) in [7, 11) is 0. The first-order valence-corrected chi connectivity index (χ1v) is 10.4. The molecule has 0 aromatic heterocycles. The first-order valence-electron chi connectivity index (χ1n) is 10.4. The number of fused-ring (bicyclic) bond motifs is 10. The summed E-state index contributed by atoms with van der Waals surface area (Å²) in [5, 5.41) is 2.60. The van der Waals surface area contributed by atoms with Gasteiger partial charge in [-0.15, -0.1) is 0 Å². The molecular formula is C28H23N. The van der Waals surface area contributed by atoms with E-state index in [0.717, 1.165) is 5.69 Å². The quantitative estimate of drug-likeness (QED) is 0.305. The first-order chi connectivity index (χ1) is 14.0. The zero-order valence-corrected chi connectivity index (χ0v) is 17.0. The number of nitrogens with zero attached hydrogens (tertiary/aromatic N) is 1. The van der Waals surface area contributed by atoms with Crippen molar-refractivity contribution < 1.29 is 0 Å². The van der Waals surface area contributed by atoms with E-state index >= 15 is 0 Å². The molecule has 1 unspecified atom stereocenters. The molecule has 1 aliphatic carbocycles. The van der Waals surface area contributed by atoms with Crippen LogP contribution in [0.1, 0.15) is 48.9 Å². The Morgan fingerprint density at radius 3 is 2.34 bits per heavy atom. The lowest BCUT2D eigenvalue weighted by molar-refractivity contribution is 0.589. The highest BCUT2D eigenvalue weighted by molar-refractivity contribution is 6.22. The van der Waals surface area contributed by atoms with Crippen LogP contribution < -0.4 is 0 Å². The Bertz CT molecular complexity index is 1330. The van der Waals surface area contributed by atoms with Crippen LogP contribution in [0, 0.1) is 0 Å². The molecular weight excluding hydrogens is 350 g/mol. The van der Waals surface area contributed by atoms with Crippen LogP contribution in [0.4, 0.5) is 5.69 Å². The molecule has 0 radical (unpaired) electrons. The summed E-state index contributed by atoms with van der Waals surface area (Å²) in [6, 6.07) is 28.9. The van der Waals surface area contributed by atoms with E-state index in [-0.39, 0.29) is 11.3 Å². The lowest BCUT2D eigenvalue weighted by Crippen LogP contribution is -2.20. The Balaban J connectivity index is 1.75. The van der Waals surface area contributed by atoms with Gasteiger partial charge in [-0.1, -0.05) is 93.6 Å². The average molecular weight is 373 g/mol. The maximum atomic E-state index is 5.13. The molecule has 0 fully saturated rings. The smallest absolute Gasteiger partial charge is 0.0675 e. The minimum absolute atomic E-state index is 0.115. The van der Waals surface area contributed by atoms with Crippen molar-refractivity contribution in [3.05, 3.63) is 101 Å². The molecule has 29 heavy (non-hydrogen) atoms. The summed E-state index contributed by atoms with van der Waals surface area (Å²) in [6.45, 7) is 6.87. The maximum absolute atomic E-state index is 5.13. The van der Waals surface area contributed by atoms with E-state index in [2.05, 4.69) is 99.6 Å². The van der Waals surface area contributed by atoms with Crippen molar-refractivity contribution in [1.29, 1.82) is 0 Å². The van der Waals surface area contributed by atoms with Crippen molar-refractivity contribution in [1.82, 2.24) is 0 Å². The normalized spacial score (nSPS) is 16.7. The summed E-state index contributed by atoms with van der Waals surface area (Å²) < 4.78 is 0. The van der Waals surface area contributed by atoms with Crippen LogP contribution in [-0.4, -0.2) is 5.71 Å². The molecule has 0 saturated carbocycles. The third kappa shape index (κ3) is 2.31. The Morgan fingerprint density at radius 1 is 0.724 bits per heavy atom. The predicted molar refractivity (Wildman–Crippen MR) is 123 cm³/mol. The molecule has 6 rings (SSSR count). The van der Waals surface area contributed by atoms with Gasteiger partial charge >= 0.3 is 0 Å². The molecule has 4 aromatic rings. The number of benzene rings is 4. The fourth-order valence-corrected chi connectivity index (χ4v) is 4.98. The molecule has 0 bridgehead atoms. The number of hydrogen-bond acceptors (Lipinski definition) is 1. The van der Waals surface area contributed by atoms with Gasteiger partial charge in [-0.25, -0.2) is 0 Å². The zero-order chi connectivity index (χ0) is 19.8. The van der Waals surface area contributed by atoms with E-state index in [1.54, 1.807) is 0 Å². The van der Waals surface area contributed by atoms with Gasteiger partial charge in [0.05, 0.1) is 17.3 Å². The van der Waals surface area contributed by atoms with Gasteiger partial charge in [-0.2, -0.15) is 0 Å². The fraction of sp³-hybridized carbons (Fsp3) is 0.179. The van der Waals surface area contributed by atoms with Gasteiger partial charge in [0.15, 0.2) is 0 Å². The second-order valence-electron chi connectivity index (χ2n) is 9.25. The van der Waals surface area contributed by atoms with E-state index in [4.69, 9.17) is 4.99 Å². The topological polar surface area (TPSA) is 12.4 Å². The highest BCUT2D eigenvalue weighted by Gasteiger charge is 2.37. The van der Waals surface area contributed by atoms with Gasteiger partial charge in [0, 0.05) is 5.56 Å². The highest BCUT2D eigenvalue weighted by atomic mass is 14.8. The maximum Gasteiger partial charge on any atom is 0.0675 e. The van der Waals surface area contributed by atoms with Crippen molar-refractivity contribution in [2.75, 3.05) is 0 Å². The molecule has 2 aliphatic rings. The molecule has 0 N–H and O–H groups in total. The van der Waals surface area contributed by atoms with E-state index in [9.17, 15) is 0 Å². The predicted octanol–water partition coefficient (Wildman–Crippen LogP) is 7.38. The van der Waals surface area contributed by atoms with E-state index in [0.29, 0.717) is 0 Å². The van der Waals surface area contributed by atoms with Gasteiger partial charge in [-0.3, -0.25) is 4.99 Å². The Kier molecular flexibility index (Phi) is 3.27. The molecule has 0 spiro atoms. The minimum atomic E-state index is 0.115. The Morgan fingerprint density at radius 2 is 1.48 bits per heavy atom. The molecule has 1 heterocycles. The van der Waals surface area contributed by atoms with Gasteiger partial charge < -0.3 is 0 Å². The van der Waals surface area contributed by atoms with E-state index < -0.39 is 0 Å². The first kappa shape index (κ1) is 16.7. The Hall–Kier alpha value is -3.19. The van der Waals surface area contributed by atoms with Crippen molar-refractivity contribution in [3.8, 4) is 11.1 Å². The Labute approximate surface area is 171 Å². The summed E-state index contributed by atoms with van der Waals surface area (Å²) in [5.41, 5.74) is 10.5. The van der Waals surface area contributed by atoms with Crippen molar-refractivity contribution in [2.24, 2.45) is 4.99 Å². The number of aliphatic imine (C=N–C) groups is 1. The van der Waals surface area contributed by atoms with Crippen LogP contribution in [-0.2, 0) is 5.41 Å². The summed E-state index contributed by atoms with van der Waals surface area (Å²) in [6.07, 6.45) is 0. The molecule has 1 aliphatic heterocycles. The lowest BCUT2D eigenvalue weighted by Gasteiger charge is -2.30. The second kappa shape index (κ2) is 5.67. The van der Waals surface area contributed by atoms with Crippen LogP contribution in [0.25, 0.3) is 21.9 Å². The highest BCUT2D eigenvalue weighted by Crippen LogP contribution is 2.51. The number of hydrogen-bond donors (Lipinski definition) is 0. The fourth-order valence-electron chi connectivity index (χ4n) is 4.98. The van der Waals surface area contributed by atoms with Crippen LogP contribution in [0.15, 0.2) is 83.9 Å². The minimum Gasteiger partial charge on any atom is -0.251 e. The van der Waals surface area contributed by atoms with Gasteiger partial charge in [0.1, 0.15) is 0 Å². The van der Waals surface area contributed by atoms with Crippen LogP contribution in [0.2, 0.25) is 0 Å². The largest absolute Gasteiger partial charge is 0.251 e. The van der Waals surface area contributed by atoms with Gasteiger partial charge in [0.2, 0.25) is 0 Å². The monoisotopic (exact) mass is 373 g/mol. The molecule has 1 heteroatoms. The SMILES string of the molecule is CC(C)(C)c1ccc2c(c1)C1C(=Nc3ccccc31)c1ccc3ccccc3c1-2. The van der Waals surface area contributed by atoms with Crippen molar-refractivity contribution in [2.45, 2.75) is 32.1 Å². The van der Waals surface area contributed by atoms with Crippen LogP contribution >= 0.6 is 0 Å². The standard InChI is InChI=1S/C28H23N/c1-28(2,3)18-13-15-20-23(16-18)26-21-10-6-7-11-24(21)29-27(26)22-14-12-17-8-4-5-9-19(17)25(20)22/h4-16,26H,1-3H3. The van der Waals surface area contributed by atoms with Gasteiger partial charge in [-0.05, 0) is 50.1 Å². The third-order valence-corrected chi connectivity index (χ3v) is 6.47. The molecule has 4 aromatic carbocycles. The molecule has 140 valence electrons. The van der Waals surface area contributed by atoms with Crippen molar-refractivity contribution >= 4 is 22.2 Å². The molecule has 0 saturated heterocycles. The second-order valence-corrected chi connectivity index (χ2v) is 9.25. The molecule has 0 amide bonds. The van der Waals surface area contributed by atoms with Crippen LogP contribution in [0.3, 0.4) is 0 Å². The molecule has 1 nitrogen and oxygen atoms in total. The summed E-state index contributed by atoms with van der Waals surface area (Å²) >= 11 is 0. The lowest BCUT2D eigenvalue weighted by atomic mass is 9.72.